The molecule has 2 heteroatoms. The molecule has 3 aromatic rings. The van der Waals surface area contributed by atoms with Gasteiger partial charge in [-0.3, -0.25) is 4.79 Å². The number of hydrogen-bond donors (Lipinski definition) is 0. The van der Waals surface area contributed by atoms with Crippen molar-refractivity contribution in [3.05, 3.63) is 114 Å². The third-order valence-corrected chi connectivity index (χ3v) is 4.49. The molecule has 0 N–H and O–H groups in total. The van der Waals surface area contributed by atoms with Gasteiger partial charge < -0.3 is 4.90 Å². The fourth-order valence-electron chi connectivity index (χ4n) is 3.10. The Morgan fingerprint density at radius 2 is 1.31 bits per heavy atom. The number of carbonyl (C=O) groups is 1. The van der Waals surface area contributed by atoms with E-state index in [2.05, 4.69) is 42.5 Å². The summed E-state index contributed by atoms with van der Waals surface area (Å²) in [7, 11) is 0. The highest BCUT2D eigenvalue weighted by Gasteiger charge is 2.20. The lowest BCUT2D eigenvalue weighted by atomic mass is 10.0. The summed E-state index contributed by atoms with van der Waals surface area (Å²) in [4.78, 5) is 14.0. The van der Waals surface area contributed by atoms with E-state index in [9.17, 15) is 4.79 Å². The van der Waals surface area contributed by atoms with Crippen LogP contribution in [-0.4, -0.2) is 10.8 Å². The van der Waals surface area contributed by atoms with Gasteiger partial charge >= 0.3 is 0 Å². The summed E-state index contributed by atoms with van der Waals surface area (Å²) in [6, 6.07) is 28.8. The molecular weight excluding hydrogens is 318 g/mol. The zero-order valence-corrected chi connectivity index (χ0v) is 14.4. The molecule has 3 aromatic carbocycles. The fourth-order valence-corrected chi connectivity index (χ4v) is 3.10. The third-order valence-electron chi connectivity index (χ3n) is 4.49. The molecule has 0 unspecified atom stereocenters. The minimum atomic E-state index is 0.0287. The second-order valence-electron chi connectivity index (χ2n) is 6.30. The largest absolute Gasteiger partial charge is 0.304 e. The lowest BCUT2D eigenvalue weighted by molar-refractivity contribution is -0.123. The normalized spacial score (nSPS) is 15.0. The number of amides is 1. The SMILES string of the molecule is O=C1C=C/C(=C/c2ccc(-c3ccccc3)cc2)N1Cc1ccccc1. The molecule has 0 fully saturated rings. The molecule has 0 aliphatic carbocycles. The van der Waals surface area contributed by atoms with Crippen molar-refractivity contribution in [2.75, 3.05) is 0 Å². The van der Waals surface area contributed by atoms with Crippen LogP contribution in [0.5, 0.6) is 0 Å². The van der Waals surface area contributed by atoms with Crippen molar-refractivity contribution in [1.29, 1.82) is 0 Å². The van der Waals surface area contributed by atoms with Gasteiger partial charge in [-0.25, -0.2) is 0 Å². The number of carbonyl (C=O) groups excluding carboxylic acids is 1. The van der Waals surface area contributed by atoms with Crippen molar-refractivity contribution in [2.45, 2.75) is 6.54 Å². The summed E-state index contributed by atoms with van der Waals surface area (Å²) in [6.45, 7) is 0.584. The maximum absolute atomic E-state index is 12.2. The van der Waals surface area contributed by atoms with Gasteiger partial charge in [-0.1, -0.05) is 84.9 Å². The Labute approximate surface area is 153 Å². The molecule has 0 bridgehead atoms. The highest BCUT2D eigenvalue weighted by atomic mass is 16.2. The van der Waals surface area contributed by atoms with Crippen LogP contribution in [0.4, 0.5) is 0 Å². The van der Waals surface area contributed by atoms with Crippen LogP contribution in [0.25, 0.3) is 17.2 Å². The average molecular weight is 337 g/mol. The third kappa shape index (κ3) is 3.50. The first-order chi connectivity index (χ1) is 12.8. The molecule has 1 amide bonds. The maximum atomic E-state index is 12.2. The van der Waals surface area contributed by atoms with E-state index in [1.54, 1.807) is 11.0 Å². The predicted octanol–water partition coefficient (Wildman–Crippen LogP) is 5.29. The molecule has 2 nitrogen and oxygen atoms in total. The lowest BCUT2D eigenvalue weighted by Crippen LogP contribution is -2.23. The van der Waals surface area contributed by atoms with Gasteiger partial charge in [0, 0.05) is 11.8 Å². The van der Waals surface area contributed by atoms with E-state index in [-0.39, 0.29) is 5.91 Å². The molecule has 0 spiro atoms. The van der Waals surface area contributed by atoms with Crippen molar-refractivity contribution >= 4 is 12.0 Å². The van der Waals surface area contributed by atoms with E-state index in [1.807, 2.05) is 54.6 Å². The summed E-state index contributed by atoms with van der Waals surface area (Å²) in [5.41, 5.74) is 5.51. The second-order valence-corrected chi connectivity index (χ2v) is 6.30. The van der Waals surface area contributed by atoms with Crippen LogP contribution in [0.1, 0.15) is 11.1 Å². The van der Waals surface area contributed by atoms with E-state index in [0.29, 0.717) is 6.54 Å². The van der Waals surface area contributed by atoms with E-state index in [0.717, 1.165) is 16.8 Å². The number of rotatable bonds is 4. The quantitative estimate of drug-likeness (QED) is 0.633. The lowest BCUT2D eigenvalue weighted by Gasteiger charge is -2.18. The Morgan fingerprint density at radius 1 is 0.692 bits per heavy atom. The summed E-state index contributed by atoms with van der Waals surface area (Å²) in [5, 5.41) is 0. The Balaban J connectivity index is 1.56. The van der Waals surface area contributed by atoms with E-state index < -0.39 is 0 Å². The van der Waals surface area contributed by atoms with E-state index in [4.69, 9.17) is 0 Å². The fraction of sp³-hybridized carbons (Fsp3) is 0.0417. The summed E-state index contributed by atoms with van der Waals surface area (Å²) in [6.07, 6.45) is 5.57. The molecule has 0 aromatic heterocycles. The first-order valence-electron chi connectivity index (χ1n) is 8.70. The molecule has 0 atom stereocenters. The summed E-state index contributed by atoms with van der Waals surface area (Å²) >= 11 is 0. The highest BCUT2D eigenvalue weighted by molar-refractivity contribution is 5.94. The van der Waals surface area contributed by atoms with Crippen molar-refractivity contribution < 1.29 is 4.79 Å². The Kier molecular flexibility index (Phi) is 4.48. The van der Waals surface area contributed by atoms with Gasteiger partial charge in [0.2, 0.25) is 0 Å². The van der Waals surface area contributed by atoms with Crippen LogP contribution in [0, 0.1) is 0 Å². The molecule has 1 aliphatic rings. The zero-order valence-electron chi connectivity index (χ0n) is 14.4. The molecule has 1 heterocycles. The first kappa shape index (κ1) is 16.1. The van der Waals surface area contributed by atoms with Crippen LogP contribution in [0.15, 0.2) is 103 Å². The van der Waals surface area contributed by atoms with Crippen molar-refractivity contribution in [3.8, 4) is 11.1 Å². The molecule has 1 aliphatic heterocycles. The number of benzene rings is 3. The molecule has 0 saturated carbocycles. The summed E-state index contributed by atoms with van der Waals surface area (Å²) < 4.78 is 0. The monoisotopic (exact) mass is 337 g/mol. The average Bonchev–Trinajstić information content (AvgIpc) is 3.03. The van der Waals surface area contributed by atoms with Gasteiger partial charge in [0.1, 0.15) is 0 Å². The van der Waals surface area contributed by atoms with Crippen LogP contribution >= 0.6 is 0 Å². The summed E-state index contributed by atoms with van der Waals surface area (Å²) in [5.74, 6) is 0.0287. The molecule has 4 rings (SSSR count). The van der Waals surface area contributed by atoms with E-state index in [1.165, 1.54) is 11.1 Å². The number of nitrogens with zero attached hydrogens (tertiary/aromatic N) is 1. The molecular formula is C24H19NO. The Hall–Kier alpha value is -3.39. The predicted molar refractivity (Wildman–Crippen MR) is 106 cm³/mol. The highest BCUT2D eigenvalue weighted by Crippen LogP contribution is 2.24. The van der Waals surface area contributed by atoms with Crippen LogP contribution < -0.4 is 0 Å². The molecule has 0 radical (unpaired) electrons. The smallest absolute Gasteiger partial charge is 0.251 e. The molecule has 126 valence electrons. The standard InChI is InChI=1S/C24H19NO/c26-24-16-15-23(25(24)18-20-7-3-1-4-8-20)17-19-11-13-22(14-12-19)21-9-5-2-6-10-21/h1-17H,18H2/b23-17-. The van der Waals surface area contributed by atoms with Crippen molar-refractivity contribution in [3.63, 3.8) is 0 Å². The van der Waals surface area contributed by atoms with Crippen LogP contribution in [-0.2, 0) is 11.3 Å². The molecule has 0 saturated heterocycles. The van der Waals surface area contributed by atoms with Gasteiger partial charge in [-0.2, -0.15) is 0 Å². The molecule has 26 heavy (non-hydrogen) atoms. The number of allylic oxidation sites excluding steroid dienone is 1. The van der Waals surface area contributed by atoms with Crippen molar-refractivity contribution in [2.24, 2.45) is 0 Å². The second kappa shape index (κ2) is 7.24. The van der Waals surface area contributed by atoms with Crippen molar-refractivity contribution in [1.82, 2.24) is 4.90 Å². The first-order valence-corrected chi connectivity index (χ1v) is 8.70. The van der Waals surface area contributed by atoms with Crippen LogP contribution in [0.2, 0.25) is 0 Å². The minimum Gasteiger partial charge on any atom is -0.304 e. The minimum absolute atomic E-state index is 0.0287. The number of hydrogen-bond acceptors (Lipinski definition) is 1. The maximum Gasteiger partial charge on any atom is 0.251 e. The Morgan fingerprint density at radius 3 is 2.00 bits per heavy atom. The van der Waals surface area contributed by atoms with Gasteiger partial charge in [0.25, 0.3) is 5.91 Å². The topological polar surface area (TPSA) is 20.3 Å². The van der Waals surface area contributed by atoms with E-state index >= 15 is 0 Å². The zero-order chi connectivity index (χ0) is 17.8. The van der Waals surface area contributed by atoms with Gasteiger partial charge in [0.15, 0.2) is 0 Å². The van der Waals surface area contributed by atoms with Gasteiger partial charge in [-0.05, 0) is 34.4 Å². The van der Waals surface area contributed by atoms with Gasteiger partial charge in [-0.15, -0.1) is 0 Å². The van der Waals surface area contributed by atoms with Crippen LogP contribution in [0.3, 0.4) is 0 Å². The van der Waals surface area contributed by atoms with Gasteiger partial charge in [0.05, 0.1) is 6.54 Å². The Bertz CT molecular complexity index is 954.